The third-order valence-electron chi connectivity index (χ3n) is 2.82. The van der Waals surface area contributed by atoms with Crippen LogP contribution in [0.3, 0.4) is 0 Å². The fourth-order valence-electron chi connectivity index (χ4n) is 2.08. The molecule has 1 saturated heterocycles. The Morgan fingerprint density at radius 2 is 2.53 bits per heavy atom. The lowest BCUT2D eigenvalue weighted by molar-refractivity contribution is 0.266. The number of rotatable bonds is 2. The van der Waals surface area contributed by atoms with Crippen LogP contribution in [-0.2, 0) is 0 Å². The van der Waals surface area contributed by atoms with Crippen molar-refractivity contribution in [2.24, 2.45) is 0 Å². The summed E-state index contributed by atoms with van der Waals surface area (Å²) in [6.07, 6.45) is 9.23. The second kappa shape index (κ2) is 4.33. The molecule has 1 unspecified atom stereocenters. The molecule has 15 heavy (non-hydrogen) atoms. The molecule has 2 rings (SSSR count). The first kappa shape index (κ1) is 10.0. The smallest absolute Gasteiger partial charge is 0.136 e. The Balaban J connectivity index is 2.33. The Morgan fingerprint density at radius 3 is 3.27 bits per heavy atom. The lowest BCUT2D eigenvalue weighted by Crippen LogP contribution is -2.32. The van der Waals surface area contributed by atoms with Crippen molar-refractivity contribution in [2.45, 2.75) is 18.9 Å². The molecule has 2 heterocycles. The van der Waals surface area contributed by atoms with Crippen LogP contribution in [0.15, 0.2) is 18.3 Å². The minimum Gasteiger partial charge on any atom is -0.394 e. The van der Waals surface area contributed by atoms with E-state index in [-0.39, 0.29) is 12.6 Å². The van der Waals surface area contributed by atoms with Crippen molar-refractivity contribution in [3.05, 3.63) is 24.0 Å². The van der Waals surface area contributed by atoms with E-state index >= 15 is 0 Å². The highest BCUT2D eigenvalue weighted by Crippen LogP contribution is 2.26. The topological polar surface area (TPSA) is 36.4 Å². The molecule has 0 spiro atoms. The maximum atomic E-state index is 9.25. The van der Waals surface area contributed by atoms with Gasteiger partial charge in [0.2, 0.25) is 0 Å². The predicted octanol–water partition coefficient (Wildman–Crippen LogP) is 1.02. The maximum Gasteiger partial charge on any atom is 0.136 e. The van der Waals surface area contributed by atoms with E-state index in [4.69, 9.17) is 6.42 Å². The highest BCUT2D eigenvalue weighted by atomic mass is 16.3. The first-order valence-corrected chi connectivity index (χ1v) is 5.16. The summed E-state index contributed by atoms with van der Waals surface area (Å²) >= 11 is 0. The van der Waals surface area contributed by atoms with Crippen molar-refractivity contribution in [1.82, 2.24) is 4.98 Å². The van der Waals surface area contributed by atoms with Gasteiger partial charge in [0.1, 0.15) is 5.69 Å². The van der Waals surface area contributed by atoms with Crippen LogP contribution in [0, 0.1) is 12.3 Å². The first-order valence-electron chi connectivity index (χ1n) is 5.16. The minimum absolute atomic E-state index is 0.179. The molecule has 1 fully saturated rings. The van der Waals surface area contributed by atoms with Crippen molar-refractivity contribution in [3.8, 4) is 12.3 Å². The van der Waals surface area contributed by atoms with E-state index in [0.717, 1.165) is 25.1 Å². The van der Waals surface area contributed by atoms with Crippen molar-refractivity contribution in [1.29, 1.82) is 0 Å². The summed E-state index contributed by atoms with van der Waals surface area (Å²) in [6, 6.07) is 4.04. The Morgan fingerprint density at radius 1 is 1.67 bits per heavy atom. The third-order valence-corrected chi connectivity index (χ3v) is 2.82. The van der Waals surface area contributed by atoms with Gasteiger partial charge in [0.05, 0.1) is 18.3 Å². The Labute approximate surface area is 89.8 Å². The number of terminal acetylenes is 1. The first-order chi connectivity index (χ1) is 7.36. The van der Waals surface area contributed by atoms with Crippen molar-refractivity contribution < 1.29 is 5.11 Å². The van der Waals surface area contributed by atoms with Crippen LogP contribution >= 0.6 is 0 Å². The molecule has 0 radical (unpaired) electrons. The van der Waals surface area contributed by atoms with Gasteiger partial charge in [0, 0.05) is 12.7 Å². The quantitative estimate of drug-likeness (QED) is 0.727. The monoisotopic (exact) mass is 202 g/mol. The molecule has 0 aliphatic carbocycles. The molecule has 1 atom stereocenters. The van der Waals surface area contributed by atoms with Gasteiger partial charge in [-0.2, -0.15) is 0 Å². The zero-order valence-electron chi connectivity index (χ0n) is 8.56. The van der Waals surface area contributed by atoms with Crippen molar-refractivity contribution >= 4 is 5.69 Å². The number of nitrogens with zero attached hydrogens (tertiary/aromatic N) is 2. The minimum atomic E-state index is 0.179. The second-order valence-electron chi connectivity index (χ2n) is 3.69. The molecule has 0 aromatic carbocycles. The summed E-state index contributed by atoms with van der Waals surface area (Å²) in [5.41, 5.74) is 1.63. The second-order valence-corrected chi connectivity index (χ2v) is 3.69. The van der Waals surface area contributed by atoms with Gasteiger partial charge in [0.25, 0.3) is 0 Å². The molecule has 0 saturated carbocycles. The van der Waals surface area contributed by atoms with Gasteiger partial charge in [-0.25, -0.2) is 4.98 Å². The number of pyridine rings is 1. The number of aliphatic hydroxyl groups is 1. The molecule has 1 aromatic heterocycles. The lowest BCUT2D eigenvalue weighted by Gasteiger charge is -2.25. The van der Waals surface area contributed by atoms with E-state index in [2.05, 4.69) is 15.8 Å². The summed E-state index contributed by atoms with van der Waals surface area (Å²) in [6.45, 7) is 1.13. The van der Waals surface area contributed by atoms with E-state index in [1.165, 1.54) is 0 Å². The third kappa shape index (κ3) is 1.81. The predicted molar refractivity (Wildman–Crippen MR) is 59.6 cm³/mol. The molecule has 1 aliphatic rings. The Kier molecular flexibility index (Phi) is 2.89. The van der Waals surface area contributed by atoms with Crippen molar-refractivity contribution in [2.75, 3.05) is 18.1 Å². The van der Waals surface area contributed by atoms with E-state index in [9.17, 15) is 5.11 Å². The van der Waals surface area contributed by atoms with Crippen LogP contribution in [-0.4, -0.2) is 29.3 Å². The molecule has 1 aromatic rings. The molecule has 3 heteroatoms. The van der Waals surface area contributed by atoms with Crippen LogP contribution in [0.1, 0.15) is 18.5 Å². The SMILES string of the molecule is C#Cc1ncccc1N1CCCC1CO. The van der Waals surface area contributed by atoms with Gasteiger partial charge >= 0.3 is 0 Å². The van der Waals surface area contributed by atoms with Crippen LogP contribution in [0.5, 0.6) is 0 Å². The average Bonchev–Trinajstić information content (AvgIpc) is 2.76. The van der Waals surface area contributed by atoms with Crippen molar-refractivity contribution in [3.63, 3.8) is 0 Å². The molecule has 78 valence electrons. The van der Waals surface area contributed by atoms with E-state index in [1.807, 2.05) is 12.1 Å². The van der Waals surface area contributed by atoms with Gasteiger partial charge in [-0.15, -0.1) is 6.42 Å². The number of aliphatic hydroxyl groups excluding tert-OH is 1. The van der Waals surface area contributed by atoms with Gasteiger partial charge in [-0.1, -0.05) is 0 Å². The Hall–Kier alpha value is -1.53. The summed E-state index contributed by atoms with van der Waals surface area (Å²) in [4.78, 5) is 6.31. The summed E-state index contributed by atoms with van der Waals surface area (Å²) in [7, 11) is 0. The van der Waals surface area contributed by atoms with Crippen LogP contribution < -0.4 is 4.90 Å². The molecular weight excluding hydrogens is 188 g/mol. The fourth-order valence-corrected chi connectivity index (χ4v) is 2.08. The number of hydrogen-bond donors (Lipinski definition) is 1. The van der Waals surface area contributed by atoms with Gasteiger partial charge in [-0.3, -0.25) is 0 Å². The summed E-state index contributed by atoms with van der Waals surface area (Å²) in [5.74, 6) is 2.58. The van der Waals surface area contributed by atoms with Gasteiger partial charge in [-0.05, 0) is 30.9 Å². The highest BCUT2D eigenvalue weighted by molar-refractivity contribution is 5.58. The van der Waals surface area contributed by atoms with E-state index < -0.39 is 0 Å². The molecule has 1 aliphatic heterocycles. The number of hydrogen-bond acceptors (Lipinski definition) is 3. The van der Waals surface area contributed by atoms with E-state index in [1.54, 1.807) is 6.20 Å². The lowest BCUT2D eigenvalue weighted by atomic mass is 10.2. The summed E-state index contributed by atoms with van der Waals surface area (Å²) in [5, 5.41) is 9.25. The largest absolute Gasteiger partial charge is 0.394 e. The van der Waals surface area contributed by atoms with Crippen LogP contribution in [0.4, 0.5) is 5.69 Å². The molecular formula is C12H14N2O. The van der Waals surface area contributed by atoms with E-state index in [0.29, 0.717) is 5.69 Å². The zero-order chi connectivity index (χ0) is 10.7. The standard InChI is InChI=1S/C12H14N2O/c1-2-11-12(6-3-7-13-11)14-8-4-5-10(14)9-15/h1,3,6-7,10,15H,4-5,8-9H2. The summed E-state index contributed by atoms with van der Waals surface area (Å²) < 4.78 is 0. The molecule has 0 amide bonds. The molecule has 0 bridgehead atoms. The van der Waals surface area contributed by atoms with Crippen LogP contribution in [0.2, 0.25) is 0 Å². The van der Waals surface area contributed by atoms with Crippen LogP contribution in [0.25, 0.3) is 0 Å². The average molecular weight is 202 g/mol. The molecule has 3 nitrogen and oxygen atoms in total. The normalized spacial score (nSPS) is 20.3. The zero-order valence-corrected chi connectivity index (χ0v) is 8.56. The van der Waals surface area contributed by atoms with Gasteiger partial charge < -0.3 is 10.0 Å². The molecule has 1 N–H and O–H groups in total. The highest BCUT2D eigenvalue weighted by Gasteiger charge is 2.25. The maximum absolute atomic E-state index is 9.25. The Bertz CT molecular complexity index is 383. The number of aromatic nitrogens is 1. The van der Waals surface area contributed by atoms with Gasteiger partial charge in [0.15, 0.2) is 0 Å². The fraction of sp³-hybridized carbons (Fsp3) is 0.417. The number of anilines is 1.